The molecule has 35 heavy (non-hydrogen) atoms. The van der Waals surface area contributed by atoms with Crippen LogP contribution in [0.4, 0.5) is 11.5 Å². The highest BCUT2D eigenvalue weighted by atomic mass is 16.5. The van der Waals surface area contributed by atoms with E-state index < -0.39 is 17.2 Å². The van der Waals surface area contributed by atoms with Crippen LogP contribution in [0.2, 0.25) is 0 Å². The predicted octanol–water partition coefficient (Wildman–Crippen LogP) is 2.64. The number of rotatable bonds is 11. The lowest BCUT2D eigenvalue weighted by Crippen LogP contribution is -2.42. The lowest BCUT2D eigenvalue weighted by atomic mass is 10.1. The van der Waals surface area contributed by atoms with Crippen LogP contribution in [0.5, 0.6) is 5.75 Å². The summed E-state index contributed by atoms with van der Waals surface area (Å²) < 4.78 is 12.2. The van der Waals surface area contributed by atoms with E-state index in [9.17, 15) is 14.4 Å². The third-order valence-corrected chi connectivity index (χ3v) is 5.93. The summed E-state index contributed by atoms with van der Waals surface area (Å²) in [5.74, 6) is 0.830. The zero-order chi connectivity index (χ0) is 24.8. The Morgan fingerprint density at radius 2 is 1.83 bits per heavy atom. The summed E-state index contributed by atoms with van der Waals surface area (Å²) >= 11 is 0. The molecule has 184 valence electrons. The number of nitrogens with one attached hydrogen (secondary N) is 1. The number of methoxy groups -OCH3 is 1. The average molecular weight is 479 g/mol. The van der Waals surface area contributed by atoms with E-state index in [-0.39, 0.29) is 24.6 Å². The molecule has 0 bridgehead atoms. The zero-order valence-corrected chi connectivity index (χ0v) is 19.7. The van der Waals surface area contributed by atoms with Gasteiger partial charge in [-0.1, -0.05) is 30.3 Å². The highest BCUT2D eigenvalue weighted by Crippen LogP contribution is 2.29. The van der Waals surface area contributed by atoms with E-state index in [2.05, 4.69) is 4.98 Å². The molecule has 0 atom stereocenters. The minimum atomic E-state index is -0.716. The Labute approximate surface area is 203 Å². The standard InChI is InChI=1S/C26H30N4O5/c1-34-15-5-14-29(25(32)20-10-12-21(13-11-20)35-17-19-8-9-19)22-23(27)30(26(33)28-24(22)31)16-18-6-3-2-4-7-18/h2-4,6-7,10-13,19H,5,8-9,14-17,27H2,1H3,(H,28,31,33). The van der Waals surface area contributed by atoms with E-state index in [1.54, 1.807) is 31.4 Å². The Bertz CT molecular complexity index is 1260. The van der Waals surface area contributed by atoms with Crippen LogP contribution >= 0.6 is 0 Å². The fourth-order valence-electron chi connectivity index (χ4n) is 3.79. The van der Waals surface area contributed by atoms with Crippen LogP contribution in [-0.2, 0) is 11.3 Å². The van der Waals surface area contributed by atoms with Crippen LogP contribution in [0, 0.1) is 5.92 Å². The summed E-state index contributed by atoms with van der Waals surface area (Å²) in [5.41, 5.74) is 6.14. The monoisotopic (exact) mass is 478 g/mol. The van der Waals surface area contributed by atoms with Crippen molar-refractivity contribution in [2.45, 2.75) is 25.8 Å². The smallest absolute Gasteiger partial charge is 0.330 e. The van der Waals surface area contributed by atoms with Crippen LogP contribution < -0.4 is 26.6 Å². The second kappa shape index (κ2) is 11.1. The Kier molecular flexibility index (Phi) is 7.67. The van der Waals surface area contributed by atoms with Gasteiger partial charge in [0.2, 0.25) is 0 Å². The number of carbonyl (C=O) groups excluding carboxylic acids is 1. The number of H-pyrrole nitrogens is 1. The number of nitrogens with two attached hydrogens (primary N) is 1. The fraction of sp³-hybridized carbons (Fsp3) is 0.346. The first kappa shape index (κ1) is 24.3. The van der Waals surface area contributed by atoms with Gasteiger partial charge in [-0.25, -0.2) is 4.79 Å². The van der Waals surface area contributed by atoms with Crippen molar-refractivity contribution in [2.75, 3.05) is 37.5 Å². The summed E-state index contributed by atoms with van der Waals surface area (Å²) in [6, 6.07) is 16.1. The number of carbonyl (C=O) groups is 1. The van der Waals surface area contributed by atoms with E-state index in [1.165, 1.54) is 22.3 Å². The maximum atomic E-state index is 13.5. The summed E-state index contributed by atoms with van der Waals surface area (Å²) in [6.45, 7) is 1.40. The molecule has 2 aromatic carbocycles. The average Bonchev–Trinajstić information content (AvgIpc) is 3.69. The quantitative estimate of drug-likeness (QED) is 0.409. The molecule has 1 amide bonds. The zero-order valence-electron chi connectivity index (χ0n) is 19.7. The van der Waals surface area contributed by atoms with E-state index in [1.807, 2.05) is 30.3 Å². The van der Waals surface area contributed by atoms with Gasteiger partial charge in [0.05, 0.1) is 13.2 Å². The van der Waals surface area contributed by atoms with Gasteiger partial charge in [-0.15, -0.1) is 0 Å². The molecular formula is C26H30N4O5. The topological polar surface area (TPSA) is 120 Å². The normalized spacial score (nSPS) is 12.9. The second-order valence-corrected chi connectivity index (χ2v) is 8.65. The lowest BCUT2D eigenvalue weighted by molar-refractivity contribution is 0.0983. The molecule has 1 heterocycles. The SMILES string of the molecule is COCCCN(C(=O)c1ccc(OCC2CC2)cc1)c1c(N)n(Cc2ccccc2)c(=O)[nH]c1=O. The Balaban J connectivity index is 1.66. The second-order valence-electron chi connectivity index (χ2n) is 8.65. The van der Waals surface area contributed by atoms with Crippen molar-refractivity contribution in [3.05, 3.63) is 86.6 Å². The molecule has 1 aliphatic rings. The lowest BCUT2D eigenvalue weighted by Gasteiger charge is -2.24. The van der Waals surface area contributed by atoms with Crippen molar-refractivity contribution in [3.63, 3.8) is 0 Å². The Morgan fingerprint density at radius 3 is 2.49 bits per heavy atom. The van der Waals surface area contributed by atoms with E-state index in [0.29, 0.717) is 36.9 Å². The van der Waals surface area contributed by atoms with Gasteiger partial charge in [-0.05, 0) is 55.0 Å². The molecule has 1 fully saturated rings. The maximum Gasteiger partial charge on any atom is 0.330 e. The molecule has 0 spiro atoms. The van der Waals surface area contributed by atoms with Gasteiger partial charge < -0.3 is 20.1 Å². The van der Waals surface area contributed by atoms with Gasteiger partial charge in [0.15, 0.2) is 5.69 Å². The number of benzene rings is 2. The number of hydrogen-bond donors (Lipinski definition) is 2. The van der Waals surface area contributed by atoms with Crippen LogP contribution in [0.15, 0.2) is 64.2 Å². The molecule has 4 rings (SSSR count). The molecule has 3 aromatic rings. The van der Waals surface area contributed by atoms with Gasteiger partial charge in [0.25, 0.3) is 11.5 Å². The number of ether oxygens (including phenoxy) is 2. The number of aromatic amines is 1. The first-order valence-electron chi connectivity index (χ1n) is 11.7. The first-order chi connectivity index (χ1) is 17.0. The molecule has 1 saturated carbocycles. The van der Waals surface area contributed by atoms with Crippen molar-refractivity contribution >= 4 is 17.4 Å². The van der Waals surface area contributed by atoms with Crippen molar-refractivity contribution in [2.24, 2.45) is 5.92 Å². The van der Waals surface area contributed by atoms with Crippen molar-refractivity contribution in [1.82, 2.24) is 9.55 Å². The third-order valence-electron chi connectivity index (χ3n) is 5.93. The maximum absolute atomic E-state index is 13.5. The predicted molar refractivity (Wildman–Crippen MR) is 134 cm³/mol. The Hall–Kier alpha value is -3.85. The molecule has 0 saturated heterocycles. The number of nitrogens with zero attached hydrogens (tertiary/aromatic N) is 2. The third kappa shape index (κ3) is 5.99. The van der Waals surface area contributed by atoms with Gasteiger partial charge in [0.1, 0.15) is 11.6 Å². The minimum Gasteiger partial charge on any atom is -0.493 e. The van der Waals surface area contributed by atoms with Crippen LogP contribution in [-0.4, -0.2) is 42.3 Å². The van der Waals surface area contributed by atoms with Crippen molar-refractivity contribution in [3.8, 4) is 5.75 Å². The summed E-state index contributed by atoms with van der Waals surface area (Å²) in [5, 5.41) is 0. The van der Waals surface area contributed by atoms with Gasteiger partial charge >= 0.3 is 5.69 Å². The largest absolute Gasteiger partial charge is 0.493 e. The van der Waals surface area contributed by atoms with E-state index >= 15 is 0 Å². The molecule has 0 unspecified atom stereocenters. The molecule has 9 nitrogen and oxygen atoms in total. The summed E-state index contributed by atoms with van der Waals surface area (Å²) in [7, 11) is 1.56. The highest BCUT2D eigenvalue weighted by molar-refractivity contribution is 6.07. The van der Waals surface area contributed by atoms with Crippen LogP contribution in [0.25, 0.3) is 0 Å². The van der Waals surface area contributed by atoms with Crippen LogP contribution in [0.3, 0.4) is 0 Å². The molecule has 3 N–H and O–H groups in total. The van der Waals surface area contributed by atoms with Crippen LogP contribution in [0.1, 0.15) is 35.2 Å². The minimum absolute atomic E-state index is 0.0595. The molecule has 0 radical (unpaired) electrons. The van der Waals surface area contributed by atoms with Gasteiger partial charge in [0, 0.05) is 25.8 Å². The summed E-state index contributed by atoms with van der Waals surface area (Å²) in [6.07, 6.45) is 2.85. The Morgan fingerprint density at radius 1 is 1.11 bits per heavy atom. The van der Waals surface area contributed by atoms with Gasteiger partial charge in [-0.3, -0.25) is 19.1 Å². The fourth-order valence-corrected chi connectivity index (χ4v) is 3.79. The van der Waals surface area contributed by atoms with Crippen molar-refractivity contribution < 1.29 is 14.3 Å². The van der Waals surface area contributed by atoms with E-state index in [4.69, 9.17) is 15.2 Å². The van der Waals surface area contributed by atoms with Gasteiger partial charge in [-0.2, -0.15) is 0 Å². The van der Waals surface area contributed by atoms with E-state index in [0.717, 1.165) is 5.56 Å². The molecule has 1 aliphatic carbocycles. The first-order valence-corrected chi connectivity index (χ1v) is 11.7. The number of aromatic nitrogens is 2. The molecule has 0 aliphatic heterocycles. The molecular weight excluding hydrogens is 448 g/mol. The number of hydrogen-bond acceptors (Lipinski definition) is 6. The highest BCUT2D eigenvalue weighted by Gasteiger charge is 2.26. The number of anilines is 2. The van der Waals surface area contributed by atoms with Crippen molar-refractivity contribution in [1.29, 1.82) is 0 Å². The molecule has 9 heteroatoms. The number of nitrogen functional groups attached to an aromatic ring is 1. The molecule has 1 aromatic heterocycles. The summed E-state index contributed by atoms with van der Waals surface area (Å²) in [4.78, 5) is 42.6. The number of amides is 1.